The van der Waals surface area contributed by atoms with Crippen molar-refractivity contribution in [2.45, 2.75) is 32.2 Å². The van der Waals surface area contributed by atoms with Crippen LogP contribution in [0.15, 0.2) is 35.8 Å². The van der Waals surface area contributed by atoms with Gasteiger partial charge in [0.1, 0.15) is 5.01 Å². The summed E-state index contributed by atoms with van der Waals surface area (Å²) in [6.45, 7) is 5.95. The molecule has 3 nitrogen and oxygen atoms in total. The second-order valence-corrected chi connectivity index (χ2v) is 6.57. The molecule has 1 aliphatic heterocycles. The fraction of sp³-hybridized carbons (Fsp3) is 0.471. The Morgan fingerprint density at radius 2 is 2.00 bits per heavy atom. The highest BCUT2D eigenvalue weighted by Crippen LogP contribution is 2.24. The van der Waals surface area contributed by atoms with Crippen molar-refractivity contribution in [3.63, 3.8) is 0 Å². The van der Waals surface area contributed by atoms with Gasteiger partial charge in [-0.15, -0.1) is 11.3 Å². The van der Waals surface area contributed by atoms with E-state index < -0.39 is 0 Å². The molecular weight excluding hydrogens is 278 g/mol. The Bertz CT molecular complexity index is 528. The Kier molecular flexibility index (Phi) is 4.88. The van der Waals surface area contributed by atoms with Crippen LogP contribution in [0.3, 0.4) is 0 Å². The second kappa shape index (κ2) is 7.05. The maximum atomic E-state index is 4.35. The van der Waals surface area contributed by atoms with Crippen LogP contribution in [0, 0.1) is 0 Å². The van der Waals surface area contributed by atoms with E-state index in [4.69, 9.17) is 0 Å². The summed E-state index contributed by atoms with van der Waals surface area (Å²) in [5.41, 5.74) is 2.43. The number of hydrogen-bond donors (Lipinski definition) is 1. The van der Waals surface area contributed by atoms with Gasteiger partial charge in [-0.3, -0.25) is 0 Å². The SMILES string of the molecule is CCCN1CCC(Nc2ccc(-c3nccs3)cc2)CC1. The summed E-state index contributed by atoms with van der Waals surface area (Å²) in [5, 5.41) is 6.78. The number of thiazole rings is 1. The molecule has 0 unspecified atom stereocenters. The number of nitrogens with zero attached hydrogens (tertiary/aromatic N) is 2. The van der Waals surface area contributed by atoms with Crippen LogP contribution >= 0.6 is 11.3 Å². The van der Waals surface area contributed by atoms with Crippen LogP contribution in [-0.4, -0.2) is 35.6 Å². The zero-order valence-electron chi connectivity index (χ0n) is 12.6. The summed E-state index contributed by atoms with van der Waals surface area (Å²) in [6.07, 6.45) is 5.61. The average Bonchev–Trinajstić information content (AvgIpc) is 3.05. The topological polar surface area (TPSA) is 28.2 Å². The summed E-state index contributed by atoms with van der Waals surface area (Å²) in [4.78, 5) is 6.92. The molecular formula is C17H23N3S. The van der Waals surface area contributed by atoms with Crippen molar-refractivity contribution in [1.29, 1.82) is 0 Å². The molecule has 0 bridgehead atoms. The first-order valence-corrected chi connectivity index (χ1v) is 8.72. The monoisotopic (exact) mass is 301 g/mol. The number of nitrogens with one attached hydrogen (secondary N) is 1. The summed E-state index contributed by atoms with van der Waals surface area (Å²) in [5.74, 6) is 0. The minimum absolute atomic E-state index is 0.615. The molecule has 0 saturated carbocycles. The zero-order chi connectivity index (χ0) is 14.5. The predicted octanol–water partition coefficient (Wildman–Crippen LogP) is 4.10. The molecule has 1 aliphatic rings. The van der Waals surface area contributed by atoms with Crippen molar-refractivity contribution < 1.29 is 0 Å². The van der Waals surface area contributed by atoms with Gasteiger partial charge in [0.05, 0.1) is 0 Å². The molecule has 0 amide bonds. The highest BCUT2D eigenvalue weighted by Gasteiger charge is 2.18. The fourth-order valence-corrected chi connectivity index (χ4v) is 3.57. The summed E-state index contributed by atoms with van der Waals surface area (Å²) >= 11 is 1.69. The van der Waals surface area contributed by atoms with E-state index in [0.717, 1.165) is 5.01 Å². The van der Waals surface area contributed by atoms with E-state index in [0.29, 0.717) is 6.04 Å². The fourth-order valence-electron chi connectivity index (χ4n) is 2.93. The maximum Gasteiger partial charge on any atom is 0.123 e. The van der Waals surface area contributed by atoms with E-state index in [9.17, 15) is 0 Å². The molecule has 0 atom stereocenters. The molecule has 2 heterocycles. The Morgan fingerprint density at radius 1 is 1.24 bits per heavy atom. The molecule has 112 valence electrons. The molecule has 0 spiro atoms. The van der Waals surface area contributed by atoms with Gasteiger partial charge >= 0.3 is 0 Å². The predicted molar refractivity (Wildman–Crippen MR) is 90.9 cm³/mol. The lowest BCUT2D eigenvalue weighted by atomic mass is 10.0. The molecule has 21 heavy (non-hydrogen) atoms. The van der Waals surface area contributed by atoms with E-state index in [1.807, 2.05) is 11.6 Å². The quantitative estimate of drug-likeness (QED) is 0.901. The first-order valence-electron chi connectivity index (χ1n) is 7.84. The lowest BCUT2D eigenvalue weighted by Crippen LogP contribution is -2.39. The highest BCUT2D eigenvalue weighted by atomic mass is 32.1. The molecule has 1 fully saturated rings. The van der Waals surface area contributed by atoms with Gasteiger partial charge in [0.15, 0.2) is 0 Å². The summed E-state index contributed by atoms with van der Waals surface area (Å²) in [7, 11) is 0. The number of aromatic nitrogens is 1. The Hall–Kier alpha value is -1.39. The van der Waals surface area contributed by atoms with Gasteiger partial charge in [0.2, 0.25) is 0 Å². The summed E-state index contributed by atoms with van der Waals surface area (Å²) < 4.78 is 0. The van der Waals surface area contributed by atoms with E-state index in [2.05, 4.69) is 46.4 Å². The number of anilines is 1. The minimum Gasteiger partial charge on any atom is -0.382 e. The van der Waals surface area contributed by atoms with E-state index >= 15 is 0 Å². The highest BCUT2D eigenvalue weighted by molar-refractivity contribution is 7.13. The van der Waals surface area contributed by atoms with Gasteiger partial charge < -0.3 is 10.2 Å². The lowest BCUT2D eigenvalue weighted by Gasteiger charge is -2.32. The van der Waals surface area contributed by atoms with Gasteiger partial charge in [0, 0.05) is 42.0 Å². The molecule has 4 heteroatoms. The summed E-state index contributed by atoms with van der Waals surface area (Å²) in [6, 6.07) is 9.29. The number of hydrogen-bond acceptors (Lipinski definition) is 4. The van der Waals surface area contributed by atoms with Crippen molar-refractivity contribution in [1.82, 2.24) is 9.88 Å². The van der Waals surface area contributed by atoms with E-state index in [1.54, 1.807) is 11.3 Å². The van der Waals surface area contributed by atoms with Crippen LogP contribution in [0.2, 0.25) is 0 Å². The van der Waals surface area contributed by atoms with Crippen molar-refractivity contribution in [2.75, 3.05) is 25.0 Å². The van der Waals surface area contributed by atoms with Crippen molar-refractivity contribution in [2.24, 2.45) is 0 Å². The van der Waals surface area contributed by atoms with Crippen LogP contribution in [0.25, 0.3) is 10.6 Å². The molecule has 1 aromatic heterocycles. The van der Waals surface area contributed by atoms with Crippen LogP contribution in [-0.2, 0) is 0 Å². The largest absolute Gasteiger partial charge is 0.382 e. The molecule has 2 aromatic rings. The number of benzene rings is 1. The number of likely N-dealkylation sites (tertiary alicyclic amines) is 1. The molecule has 0 aliphatic carbocycles. The average molecular weight is 301 g/mol. The van der Waals surface area contributed by atoms with Crippen LogP contribution in [0.5, 0.6) is 0 Å². The molecule has 1 aromatic carbocycles. The number of piperidine rings is 1. The van der Waals surface area contributed by atoms with Crippen molar-refractivity contribution in [3.05, 3.63) is 35.8 Å². The normalized spacial score (nSPS) is 17.0. The molecule has 0 radical (unpaired) electrons. The third-order valence-electron chi connectivity index (χ3n) is 4.06. The van der Waals surface area contributed by atoms with Gasteiger partial charge in [-0.05, 0) is 50.1 Å². The van der Waals surface area contributed by atoms with Crippen molar-refractivity contribution in [3.8, 4) is 10.6 Å². The Balaban J connectivity index is 1.54. The third kappa shape index (κ3) is 3.83. The lowest BCUT2D eigenvalue weighted by molar-refractivity contribution is 0.219. The maximum absolute atomic E-state index is 4.35. The van der Waals surface area contributed by atoms with Crippen molar-refractivity contribution >= 4 is 17.0 Å². The van der Waals surface area contributed by atoms with Gasteiger partial charge in [-0.25, -0.2) is 4.98 Å². The first kappa shape index (κ1) is 14.5. The Morgan fingerprint density at radius 3 is 2.62 bits per heavy atom. The van der Waals surface area contributed by atoms with E-state index in [1.165, 1.54) is 50.1 Å². The van der Waals surface area contributed by atoms with Gasteiger partial charge in [0.25, 0.3) is 0 Å². The smallest absolute Gasteiger partial charge is 0.123 e. The van der Waals surface area contributed by atoms with Crippen LogP contribution < -0.4 is 5.32 Å². The van der Waals surface area contributed by atoms with Gasteiger partial charge in [-0.2, -0.15) is 0 Å². The zero-order valence-corrected chi connectivity index (χ0v) is 13.4. The van der Waals surface area contributed by atoms with Gasteiger partial charge in [-0.1, -0.05) is 6.92 Å². The molecule has 1 N–H and O–H groups in total. The third-order valence-corrected chi connectivity index (χ3v) is 4.88. The second-order valence-electron chi connectivity index (χ2n) is 5.67. The number of rotatable bonds is 5. The Labute approximate surface area is 131 Å². The molecule has 1 saturated heterocycles. The van der Waals surface area contributed by atoms with Crippen LogP contribution in [0.1, 0.15) is 26.2 Å². The van der Waals surface area contributed by atoms with Crippen LogP contribution in [0.4, 0.5) is 5.69 Å². The first-order chi connectivity index (χ1) is 10.3. The standard InChI is InChI=1S/C17H23N3S/c1-2-10-20-11-7-16(8-12-20)19-15-5-3-14(4-6-15)17-18-9-13-21-17/h3-6,9,13,16,19H,2,7-8,10-12H2,1H3. The minimum atomic E-state index is 0.615. The van der Waals surface area contributed by atoms with E-state index in [-0.39, 0.29) is 0 Å². The molecule has 3 rings (SSSR count).